The van der Waals surface area contributed by atoms with Crippen LogP contribution in [0.5, 0.6) is 0 Å². The molecule has 3 rings (SSSR count). The van der Waals surface area contributed by atoms with Gasteiger partial charge in [0.25, 0.3) is 0 Å². The van der Waals surface area contributed by atoms with E-state index < -0.39 is 0 Å². The minimum absolute atomic E-state index is 0.141. The fourth-order valence-corrected chi connectivity index (χ4v) is 4.09. The van der Waals surface area contributed by atoms with Gasteiger partial charge >= 0.3 is 0 Å². The molecule has 0 radical (unpaired) electrons. The molecular formula is C14H17NOS. The number of nitrogens with zero attached hydrogens (tertiary/aromatic N) is 1. The van der Waals surface area contributed by atoms with Gasteiger partial charge < -0.3 is 4.90 Å². The van der Waals surface area contributed by atoms with Crippen LogP contribution in [0.1, 0.15) is 29.7 Å². The summed E-state index contributed by atoms with van der Waals surface area (Å²) in [5, 5.41) is 2.19. The van der Waals surface area contributed by atoms with Crippen LogP contribution in [0.4, 0.5) is 0 Å². The Morgan fingerprint density at radius 3 is 3.06 bits per heavy atom. The predicted molar refractivity (Wildman–Crippen MR) is 70.3 cm³/mol. The molecule has 0 fully saturated rings. The molecule has 1 aromatic rings. The second-order valence-electron chi connectivity index (χ2n) is 5.22. The second-order valence-corrected chi connectivity index (χ2v) is 6.13. The Labute approximate surface area is 106 Å². The molecule has 0 saturated heterocycles. The van der Waals surface area contributed by atoms with Crippen molar-refractivity contribution < 1.29 is 4.79 Å². The van der Waals surface area contributed by atoms with E-state index in [1.165, 1.54) is 10.4 Å². The molecule has 1 atom stereocenters. The molecule has 2 heterocycles. The lowest BCUT2D eigenvalue weighted by atomic mass is 9.74. The van der Waals surface area contributed by atoms with Gasteiger partial charge in [-0.05, 0) is 49.5 Å². The van der Waals surface area contributed by atoms with Crippen molar-refractivity contribution in [3.63, 3.8) is 0 Å². The van der Waals surface area contributed by atoms with Gasteiger partial charge in [-0.25, -0.2) is 0 Å². The van der Waals surface area contributed by atoms with Crippen LogP contribution in [0.15, 0.2) is 23.6 Å². The van der Waals surface area contributed by atoms with Crippen LogP contribution in [-0.2, 0) is 16.8 Å². The maximum absolute atomic E-state index is 11.4. The highest BCUT2D eigenvalue weighted by Crippen LogP contribution is 2.43. The molecule has 2 nitrogen and oxygen atoms in total. The molecule has 1 aliphatic carbocycles. The Morgan fingerprint density at radius 2 is 2.29 bits per heavy atom. The van der Waals surface area contributed by atoms with Crippen molar-refractivity contribution in [1.82, 2.24) is 4.90 Å². The first-order chi connectivity index (χ1) is 8.20. The van der Waals surface area contributed by atoms with Crippen molar-refractivity contribution in [2.24, 2.45) is 0 Å². The molecule has 0 aromatic carbocycles. The summed E-state index contributed by atoms with van der Waals surface area (Å²) in [7, 11) is 2.18. The van der Waals surface area contributed by atoms with Gasteiger partial charge in [0.15, 0.2) is 5.78 Å². The van der Waals surface area contributed by atoms with E-state index in [0.29, 0.717) is 6.42 Å². The summed E-state index contributed by atoms with van der Waals surface area (Å²) < 4.78 is 0. The standard InChI is InChI=1S/C14H17NOS/c1-15-8-7-14(5-2-12(16)3-6-14)13-11(10-15)4-9-17-13/h2,4-5,9H,3,6-8,10H2,1H3/t14-/m0/s1. The van der Waals surface area contributed by atoms with E-state index in [9.17, 15) is 4.79 Å². The summed E-state index contributed by atoms with van der Waals surface area (Å²) in [5.74, 6) is 0.284. The normalized spacial score (nSPS) is 29.4. The molecule has 90 valence electrons. The highest BCUT2D eigenvalue weighted by Gasteiger charge is 2.37. The number of hydrogen-bond acceptors (Lipinski definition) is 3. The number of rotatable bonds is 0. The molecule has 1 spiro atoms. The van der Waals surface area contributed by atoms with E-state index in [4.69, 9.17) is 0 Å². The van der Waals surface area contributed by atoms with Crippen molar-refractivity contribution in [1.29, 1.82) is 0 Å². The zero-order valence-electron chi connectivity index (χ0n) is 10.1. The van der Waals surface area contributed by atoms with E-state index in [2.05, 4.69) is 29.5 Å². The number of allylic oxidation sites excluding steroid dienone is 2. The van der Waals surface area contributed by atoms with Crippen LogP contribution < -0.4 is 0 Å². The van der Waals surface area contributed by atoms with Crippen molar-refractivity contribution >= 4 is 17.1 Å². The molecule has 0 bridgehead atoms. The van der Waals surface area contributed by atoms with E-state index in [1.54, 1.807) is 6.08 Å². The average molecular weight is 247 g/mol. The molecule has 0 unspecified atom stereocenters. The van der Waals surface area contributed by atoms with Crippen molar-refractivity contribution in [3.8, 4) is 0 Å². The second kappa shape index (κ2) is 4.07. The molecular weight excluding hydrogens is 230 g/mol. The maximum atomic E-state index is 11.4. The summed E-state index contributed by atoms with van der Waals surface area (Å²) in [5.41, 5.74) is 1.59. The fourth-order valence-electron chi connectivity index (χ4n) is 2.93. The van der Waals surface area contributed by atoms with Crippen molar-refractivity contribution in [2.75, 3.05) is 13.6 Å². The third kappa shape index (κ3) is 1.87. The lowest BCUT2D eigenvalue weighted by Crippen LogP contribution is -2.29. The molecule has 1 aliphatic heterocycles. The summed E-state index contributed by atoms with van der Waals surface area (Å²) in [4.78, 5) is 15.3. The quantitative estimate of drug-likeness (QED) is 0.702. The van der Waals surface area contributed by atoms with Crippen molar-refractivity contribution in [3.05, 3.63) is 34.0 Å². The van der Waals surface area contributed by atoms with E-state index in [1.807, 2.05) is 11.3 Å². The first-order valence-corrected chi connectivity index (χ1v) is 7.05. The number of fused-ring (bicyclic) bond motifs is 2. The van der Waals surface area contributed by atoms with Crippen LogP contribution in [0.25, 0.3) is 0 Å². The van der Waals surface area contributed by atoms with Crippen molar-refractivity contribution in [2.45, 2.75) is 31.2 Å². The Kier molecular flexibility index (Phi) is 2.68. The predicted octanol–water partition coefficient (Wildman–Crippen LogP) is 2.74. The van der Waals surface area contributed by atoms with Gasteiger partial charge in [0.2, 0.25) is 0 Å². The van der Waals surface area contributed by atoms with Gasteiger partial charge in [0, 0.05) is 23.3 Å². The summed E-state index contributed by atoms with van der Waals surface area (Å²) in [6.45, 7) is 2.16. The Bertz CT molecular complexity index is 476. The Hall–Kier alpha value is -0.930. The highest BCUT2D eigenvalue weighted by atomic mass is 32.1. The third-order valence-corrected chi connectivity index (χ3v) is 5.16. The average Bonchev–Trinajstić information content (AvgIpc) is 2.73. The number of carbonyl (C=O) groups is 1. The van der Waals surface area contributed by atoms with Crippen LogP contribution in [0, 0.1) is 0 Å². The first kappa shape index (κ1) is 11.2. The van der Waals surface area contributed by atoms with Gasteiger partial charge in [-0.3, -0.25) is 4.79 Å². The van der Waals surface area contributed by atoms with Gasteiger partial charge in [-0.15, -0.1) is 11.3 Å². The third-order valence-electron chi connectivity index (χ3n) is 3.98. The monoisotopic (exact) mass is 247 g/mol. The minimum atomic E-state index is 0.141. The van der Waals surface area contributed by atoms with Crippen LogP contribution >= 0.6 is 11.3 Å². The van der Waals surface area contributed by atoms with Gasteiger partial charge in [0.05, 0.1) is 0 Å². The smallest absolute Gasteiger partial charge is 0.155 e. The lowest BCUT2D eigenvalue weighted by molar-refractivity contribution is -0.115. The largest absolute Gasteiger partial charge is 0.302 e. The Balaban J connectivity index is 2.06. The summed E-state index contributed by atoms with van der Waals surface area (Å²) >= 11 is 1.86. The van der Waals surface area contributed by atoms with Crippen LogP contribution in [-0.4, -0.2) is 24.3 Å². The van der Waals surface area contributed by atoms with Gasteiger partial charge in [0.1, 0.15) is 0 Å². The summed E-state index contributed by atoms with van der Waals surface area (Å²) in [6, 6.07) is 2.24. The topological polar surface area (TPSA) is 20.3 Å². The van der Waals surface area contributed by atoms with E-state index >= 15 is 0 Å². The molecule has 17 heavy (non-hydrogen) atoms. The van der Waals surface area contributed by atoms with E-state index in [0.717, 1.165) is 25.9 Å². The van der Waals surface area contributed by atoms with Gasteiger partial charge in [-0.2, -0.15) is 0 Å². The number of thiophene rings is 1. The van der Waals surface area contributed by atoms with Crippen LogP contribution in [0.2, 0.25) is 0 Å². The Morgan fingerprint density at radius 1 is 1.41 bits per heavy atom. The van der Waals surface area contributed by atoms with Crippen LogP contribution in [0.3, 0.4) is 0 Å². The minimum Gasteiger partial charge on any atom is -0.302 e. The zero-order chi connectivity index (χ0) is 11.9. The molecule has 3 heteroatoms. The lowest BCUT2D eigenvalue weighted by Gasteiger charge is -2.31. The molecule has 1 aromatic heterocycles. The summed E-state index contributed by atoms with van der Waals surface area (Å²) in [6.07, 6.45) is 6.81. The first-order valence-electron chi connectivity index (χ1n) is 6.17. The van der Waals surface area contributed by atoms with Gasteiger partial charge in [-0.1, -0.05) is 6.08 Å². The highest BCUT2D eigenvalue weighted by molar-refractivity contribution is 7.10. The fraction of sp³-hybridized carbons (Fsp3) is 0.500. The maximum Gasteiger partial charge on any atom is 0.155 e. The SMILES string of the molecule is CN1CC[C@@]2(C=CC(=O)CC2)c2sccc2C1. The van der Waals surface area contributed by atoms with E-state index in [-0.39, 0.29) is 11.2 Å². The zero-order valence-corrected chi connectivity index (χ0v) is 10.9. The molecule has 0 N–H and O–H groups in total. The number of ketones is 1. The molecule has 0 amide bonds. The number of hydrogen-bond donors (Lipinski definition) is 0. The molecule has 0 saturated carbocycles. The molecule has 2 aliphatic rings. The number of carbonyl (C=O) groups excluding carboxylic acids is 1.